The van der Waals surface area contributed by atoms with Crippen molar-refractivity contribution in [2.45, 2.75) is 38.6 Å². The summed E-state index contributed by atoms with van der Waals surface area (Å²) in [6.45, 7) is 4.25. The Morgan fingerprint density at radius 3 is 2.71 bits per heavy atom. The molecule has 3 nitrogen and oxygen atoms in total. The van der Waals surface area contributed by atoms with Crippen LogP contribution in [0.15, 0.2) is 18.2 Å². The molecule has 112 valence electrons. The number of hydrogen-bond acceptors (Lipinski definition) is 4. The molecular formula is C17H22N2OS. The lowest BCUT2D eigenvalue weighted by Gasteiger charge is -2.36. The minimum atomic E-state index is -0.0386. The number of aromatic nitrogens is 1. The second-order valence-electron chi connectivity index (χ2n) is 5.80. The summed E-state index contributed by atoms with van der Waals surface area (Å²) in [5.74, 6) is 0.937. The molecular weight excluding hydrogens is 280 g/mol. The Bertz CT molecular complexity index is 645. The fraction of sp³-hybridized carbons (Fsp3) is 0.471. The smallest absolute Gasteiger partial charge is 0.119 e. The Hall–Kier alpha value is -1.39. The molecule has 1 aliphatic rings. The minimum Gasteiger partial charge on any atom is -0.497 e. The topological polar surface area (TPSA) is 34.2 Å². The van der Waals surface area contributed by atoms with E-state index in [9.17, 15) is 0 Å². The normalized spacial score (nSPS) is 21.1. The van der Waals surface area contributed by atoms with E-state index in [0.29, 0.717) is 0 Å². The first-order chi connectivity index (χ1) is 10.1. The summed E-state index contributed by atoms with van der Waals surface area (Å²) in [7, 11) is 3.78. The zero-order chi connectivity index (χ0) is 15.0. The second-order valence-corrected chi connectivity index (χ2v) is 7.01. The Balaban J connectivity index is 2.01. The lowest BCUT2D eigenvalue weighted by molar-refractivity contribution is 0.312. The zero-order valence-electron chi connectivity index (χ0n) is 13.1. The molecule has 3 rings (SSSR count). The van der Waals surface area contributed by atoms with Gasteiger partial charge in [-0.05, 0) is 63.4 Å². The first-order valence-corrected chi connectivity index (χ1v) is 8.19. The van der Waals surface area contributed by atoms with E-state index < -0.39 is 0 Å². The van der Waals surface area contributed by atoms with Crippen molar-refractivity contribution in [3.05, 3.63) is 44.9 Å². The number of fused-ring (bicyclic) bond motifs is 1. The van der Waals surface area contributed by atoms with Crippen LogP contribution in [0.3, 0.4) is 0 Å². The Morgan fingerprint density at radius 1 is 1.29 bits per heavy atom. The third kappa shape index (κ3) is 2.47. The van der Waals surface area contributed by atoms with Gasteiger partial charge in [0.15, 0.2) is 0 Å². The van der Waals surface area contributed by atoms with Gasteiger partial charge in [-0.1, -0.05) is 6.07 Å². The maximum Gasteiger partial charge on any atom is 0.119 e. The van der Waals surface area contributed by atoms with E-state index in [1.165, 1.54) is 21.0 Å². The van der Waals surface area contributed by atoms with E-state index in [0.717, 1.165) is 30.7 Å². The summed E-state index contributed by atoms with van der Waals surface area (Å²) in [6, 6.07) is 6.43. The van der Waals surface area contributed by atoms with Gasteiger partial charge in [-0.2, -0.15) is 0 Å². The summed E-state index contributed by atoms with van der Waals surface area (Å²) < 4.78 is 5.38. The molecule has 0 spiro atoms. The number of methoxy groups -OCH3 is 1. The van der Waals surface area contributed by atoms with E-state index in [1.54, 1.807) is 7.11 Å². The van der Waals surface area contributed by atoms with Gasteiger partial charge in [0.1, 0.15) is 10.8 Å². The van der Waals surface area contributed by atoms with E-state index in [-0.39, 0.29) is 5.54 Å². The molecule has 21 heavy (non-hydrogen) atoms. The van der Waals surface area contributed by atoms with Crippen molar-refractivity contribution in [2.24, 2.45) is 0 Å². The van der Waals surface area contributed by atoms with Crippen LogP contribution < -0.4 is 10.1 Å². The lowest BCUT2D eigenvalue weighted by Crippen LogP contribution is -2.44. The highest BCUT2D eigenvalue weighted by molar-refractivity contribution is 7.11. The third-order valence-electron chi connectivity index (χ3n) is 4.64. The summed E-state index contributed by atoms with van der Waals surface area (Å²) in [4.78, 5) is 6.13. The maximum atomic E-state index is 5.38. The molecule has 1 heterocycles. The van der Waals surface area contributed by atoms with Gasteiger partial charge >= 0.3 is 0 Å². The number of nitrogens with one attached hydrogen (secondary N) is 1. The molecule has 0 radical (unpaired) electrons. The highest BCUT2D eigenvalue weighted by Gasteiger charge is 2.37. The predicted molar refractivity (Wildman–Crippen MR) is 87.3 cm³/mol. The molecule has 0 saturated heterocycles. The van der Waals surface area contributed by atoms with Crippen molar-refractivity contribution in [3.63, 3.8) is 0 Å². The van der Waals surface area contributed by atoms with Crippen molar-refractivity contribution in [2.75, 3.05) is 14.2 Å². The molecule has 1 aromatic heterocycles. The van der Waals surface area contributed by atoms with Gasteiger partial charge in [0.05, 0.1) is 18.3 Å². The highest BCUT2D eigenvalue weighted by atomic mass is 32.1. The van der Waals surface area contributed by atoms with Crippen molar-refractivity contribution >= 4 is 11.3 Å². The third-order valence-corrected chi connectivity index (χ3v) is 5.92. The van der Waals surface area contributed by atoms with Crippen LogP contribution in [0.2, 0.25) is 0 Å². The maximum absolute atomic E-state index is 5.38. The number of nitrogens with zero attached hydrogens (tertiary/aromatic N) is 1. The van der Waals surface area contributed by atoms with Crippen molar-refractivity contribution < 1.29 is 4.74 Å². The molecule has 1 aliphatic carbocycles. The van der Waals surface area contributed by atoms with Crippen LogP contribution in [0.4, 0.5) is 0 Å². The molecule has 1 unspecified atom stereocenters. The van der Waals surface area contributed by atoms with E-state index in [1.807, 2.05) is 11.3 Å². The molecule has 2 aromatic rings. The standard InChI is InChI=1S/C17H22N2OS/c1-11-12(2)21-16(19-11)17(18-3)8-7-13-5-6-15(20-4)9-14(13)10-17/h5-6,9,18H,7-8,10H2,1-4H3. The fourth-order valence-corrected chi connectivity index (χ4v) is 4.22. The van der Waals surface area contributed by atoms with Gasteiger partial charge < -0.3 is 10.1 Å². The largest absolute Gasteiger partial charge is 0.497 e. The number of rotatable bonds is 3. The first-order valence-electron chi connectivity index (χ1n) is 7.37. The molecule has 0 aliphatic heterocycles. The van der Waals surface area contributed by atoms with Crippen molar-refractivity contribution in [3.8, 4) is 5.75 Å². The number of benzene rings is 1. The van der Waals surface area contributed by atoms with Crippen LogP contribution in [0.5, 0.6) is 5.75 Å². The number of likely N-dealkylation sites (N-methyl/N-ethyl adjacent to an activating group) is 1. The van der Waals surface area contributed by atoms with Gasteiger partial charge in [-0.3, -0.25) is 0 Å². The Kier molecular flexibility index (Phi) is 3.76. The molecule has 0 bridgehead atoms. The molecule has 1 aromatic carbocycles. The van der Waals surface area contributed by atoms with Crippen molar-refractivity contribution in [1.29, 1.82) is 0 Å². The first kappa shape index (κ1) is 14.5. The SMILES string of the molecule is CNC1(c2nc(C)c(C)s2)CCc2ccc(OC)cc2C1. The summed E-state index contributed by atoms with van der Waals surface area (Å²) in [5, 5.41) is 4.78. The van der Waals surface area contributed by atoms with Crippen molar-refractivity contribution in [1.82, 2.24) is 10.3 Å². The minimum absolute atomic E-state index is 0.0386. The second kappa shape index (κ2) is 5.43. The van der Waals surface area contributed by atoms with Gasteiger partial charge in [-0.15, -0.1) is 11.3 Å². The Labute approximate surface area is 130 Å². The van der Waals surface area contributed by atoms with Gasteiger partial charge in [0, 0.05) is 4.88 Å². The van der Waals surface area contributed by atoms with Crippen LogP contribution in [0.1, 0.15) is 33.1 Å². The van der Waals surface area contributed by atoms with E-state index in [4.69, 9.17) is 9.72 Å². The van der Waals surface area contributed by atoms with Gasteiger partial charge in [0.2, 0.25) is 0 Å². The molecule has 0 saturated carbocycles. The predicted octanol–water partition coefficient (Wildman–Crippen LogP) is 3.37. The summed E-state index contributed by atoms with van der Waals surface area (Å²) in [6.07, 6.45) is 3.15. The fourth-order valence-electron chi connectivity index (χ4n) is 3.08. The van der Waals surface area contributed by atoms with Crippen LogP contribution in [-0.4, -0.2) is 19.1 Å². The monoisotopic (exact) mass is 302 g/mol. The average molecular weight is 302 g/mol. The molecule has 0 amide bonds. The van der Waals surface area contributed by atoms with Crippen LogP contribution in [-0.2, 0) is 18.4 Å². The van der Waals surface area contributed by atoms with Gasteiger partial charge in [-0.25, -0.2) is 4.98 Å². The number of ether oxygens (including phenoxy) is 1. The van der Waals surface area contributed by atoms with E-state index in [2.05, 4.69) is 44.4 Å². The summed E-state index contributed by atoms with van der Waals surface area (Å²) in [5.41, 5.74) is 3.93. The zero-order valence-corrected chi connectivity index (χ0v) is 13.9. The van der Waals surface area contributed by atoms with Gasteiger partial charge in [0.25, 0.3) is 0 Å². The number of aryl methyl sites for hydroxylation is 3. The average Bonchev–Trinajstić information content (AvgIpc) is 2.86. The molecule has 1 N–H and O–H groups in total. The highest BCUT2D eigenvalue weighted by Crippen LogP contribution is 2.39. The molecule has 4 heteroatoms. The molecule has 1 atom stereocenters. The number of thiazole rings is 1. The van der Waals surface area contributed by atoms with E-state index >= 15 is 0 Å². The van der Waals surface area contributed by atoms with Crippen LogP contribution in [0, 0.1) is 13.8 Å². The number of hydrogen-bond donors (Lipinski definition) is 1. The quantitative estimate of drug-likeness (QED) is 0.944. The van der Waals surface area contributed by atoms with Crippen LogP contribution >= 0.6 is 11.3 Å². The Morgan fingerprint density at radius 2 is 2.10 bits per heavy atom. The molecule has 0 fully saturated rings. The lowest BCUT2D eigenvalue weighted by atomic mass is 9.78. The van der Waals surface area contributed by atoms with Crippen LogP contribution in [0.25, 0.3) is 0 Å². The summed E-state index contributed by atoms with van der Waals surface area (Å²) >= 11 is 1.82.